The van der Waals surface area contributed by atoms with E-state index in [1.54, 1.807) is 7.11 Å². The lowest BCUT2D eigenvalue weighted by Crippen LogP contribution is -2.45. The molecular formula is C30H34N6O. The Balaban J connectivity index is 1.29. The van der Waals surface area contributed by atoms with Crippen molar-refractivity contribution >= 4 is 6.08 Å². The first-order valence-electron chi connectivity index (χ1n) is 12.8. The Kier molecular flexibility index (Phi) is 7.73. The number of benzene rings is 3. The van der Waals surface area contributed by atoms with Crippen molar-refractivity contribution in [2.45, 2.75) is 20.4 Å². The van der Waals surface area contributed by atoms with Gasteiger partial charge in [-0.15, -0.1) is 5.10 Å². The summed E-state index contributed by atoms with van der Waals surface area (Å²) in [4.78, 5) is 5.00. The number of piperazine rings is 1. The molecule has 4 aromatic rings. The lowest BCUT2D eigenvalue weighted by atomic mass is 10.1. The summed E-state index contributed by atoms with van der Waals surface area (Å²) in [5, 5.41) is 12.7. The van der Waals surface area contributed by atoms with Gasteiger partial charge in [-0.1, -0.05) is 72.8 Å². The molecule has 0 spiro atoms. The normalized spacial score (nSPS) is 14.9. The topological polar surface area (TPSA) is 59.3 Å². The van der Waals surface area contributed by atoms with Crippen molar-refractivity contribution in [2.75, 3.05) is 39.8 Å². The Bertz CT molecular complexity index is 1340. The van der Waals surface area contributed by atoms with Gasteiger partial charge in [-0.25, -0.2) is 0 Å². The predicted octanol–water partition coefficient (Wildman–Crippen LogP) is 4.79. The fraction of sp³-hybridized carbons (Fsp3) is 0.300. The third kappa shape index (κ3) is 5.63. The minimum Gasteiger partial charge on any atom is -0.496 e. The molecular weight excluding hydrogens is 460 g/mol. The van der Waals surface area contributed by atoms with Gasteiger partial charge < -0.3 is 4.74 Å². The van der Waals surface area contributed by atoms with Crippen molar-refractivity contribution < 1.29 is 4.74 Å². The van der Waals surface area contributed by atoms with Gasteiger partial charge in [0, 0.05) is 44.8 Å². The standard InChI is InChI=1S/C30H34N6O/c1-23-10-7-11-24(2)28(23)36-30(31-32-33-36)27-16-8-15-26(29(27)37-3)22-35-20-18-34(19-21-35)17-9-14-25-12-5-4-6-13-25/h4-16H,17-22H2,1-3H3. The van der Waals surface area contributed by atoms with E-state index in [2.05, 4.69) is 106 Å². The Morgan fingerprint density at radius 3 is 2.27 bits per heavy atom. The van der Waals surface area contributed by atoms with Crippen LogP contribution in [0.25, 0.3) is 23.2 Å². The maximum absolute atomic E-state index is 5.95. The first-order valence-corrected chi connectivity index (χ1v) is 12.8. The second kappa shape index (κ2) is 11.5. The second-order valence-corrected chi connectivity index (χ2v) is 9.54. The first-order chi connectivity index (χ1) is 18.1. The molecule has 5 rings (SSSR count). The molecule has 0 amide bonds. The molecule has 1 aliphatic heterocycles. The average molecular weight is 495 g/mol. The highest BCUT2D eigenvalue weighted by molar-refractivity contribution is 5.68. The van der Waals surface area contributed by atoms with E-state index < -0.39 is 0 Å². The molecule has 0 unspecified atom stereocenters. The van der Waals surface area contributed by atoms with E-state index in [-0.39, 0.29) is 0 Å². The summed E-state index contributed by atoms with van der Waals surface area (Å²) in [5.74, 6) is 1.52. The van der Waals surface area contributed by atoms with Crippen molar-refractivity contribution in [3.8, 4) is 22.8 Å². The predicted molar refractivity (Wildman–Crippen MR) is 148 cm³/mol. The van der Waals surface area contributed by atoms with Crippen molar-refractivity contribution in [3.63, 3.8) is 0 Å². The molecule has 0 bridgehead atoms. The fourth-order valence-electron chi connectivity index (χ4n) is 5.04. The van der Waals surface area contributed by atoms with Gasteiger partial charge in [0.15, 0.2) is 5.82 Å². The Hall–Kier alpha value is -3.81. The van der Waals surface area contributed by atoms with Crippen LogP contribution >= 0.6 is 0 Å². The molecule has 190 valence electrons. The Morgan fingerprint density at radius 1 is 0.838 bits per heavy atom. The molecule has 0 saturated carbocycles. The lowest BCUT2D eigenvalue weighted by molar-refractivity contribution is 0.136. The molecule has 2 heterocycles. The zero-order chi connectivity index (χ0) is 25.6. The summed E-state index contributed by atoms with van der Waals surface area (Å²) in [6, 6.07) is 22.9. The number of rotatable bonds is 8. The summed E-state index contributed by atoms with van der Waals surface area (Å²) in [5.41, 5.74) is 6.55. The van der Waals surface area contributed by atoms with Crippen LogP contribution in [0.4, 0.5) is 0 Å². The number of ether oxygens (including phenoxy) is 1. The average Bonchev–Trinajstić information content (AvgIpc) is 3.39. The van der Waals surface area contributed by atoms with Crippen LogP contribution in [-0.4, -0.2) is 69.8 Å². The fourth-order valence-corrected chi connectivity index (χ4v) is 5.04. The SMILES string of the molecule is COc1c(CN2CCN(CC=Cc3ccccc3)CC2)cccc1-c1nnnn1-c1c(C)cccc1C. The number of tetrazole rings is 1. The quantitative estimate of drug-likeness (QED) is 0.351. The highest BCUT2D eigenvalue weighted by Crippen LogP contribution is 2.34. The third-order valence-electron chi connectivity index (χ3n) is 6.99. The van der Waals surface area contributed by atoms with Crippen LogP contribution in [0.2, 0.25) is 0 Å². The molecule has 0 atom stereocenters. The second-order valence-electron chi connectivity index (χ2n) is 9.54. The van der Waals surface area contributed by atoms with Crippen molar-refractivity contribution in [1.29, 1.82) is 0 Å². The lowest BCUT2D eigenvalue weighted by Gasteiger charge is -2.34. The number of nitrogens with zero attached hydrogens (tertiary/aromatic N) is 6. The summed E-state index contributed by atoms with van der Waals surface area (Å²) < 4.78 is 7.78. The van der Waals surface area contributed by atoms with Crippen molar-refractivity contribution in [2.24, 2.45) is 0 Å². The van der Waals surface area contributed by atoms with Crippen LogP contribution < -0.4 is 4.74 Å². The monoisotopic (exact) mass is 494 g/mol. The number of hydrogen-bond donors (Lipinski definition) is 0. The summed E-state index contributed by atoms with van der Waals surface area (Å²) in [7, 11) is 1.73. The minimum atomic E-state index is 0.686. The van der Waals surface area contributed by atoms with E-state index in [0.717, 1.165) is 73.0 Å². The molecule has 1 fully saturated rings. The molecule has 1 aromatic heterocycles. The highest BCUT2D eigenvalue weighted by atomic mass is 16.5. The molecule has 7 nitrogen and oxygen atoms in total. The van der Waals surface area contributed by atoms with E-state index in [4.69, 9.17) is 4.74 Å². The number of methoxy groups -OCH3 is 1. The van der Waals surface area contributed by atoms with E-state index in [1.165, 1.54) is 5.56 Å². The zero-order valence-electron chi connectivity index (χ0n) is 21.8. The maximum atomic E-state index is 5.95. The largest absolute Gasteiger partial charge is 0.496 e. The molecule has 0 N–H and O–H groups in total. The Morgan fingerprint density at radius 2 is 1.54 bits per heavy atom. The van der Waals surface area contributed by atoms with E-state index in [1.807, 2.05) is 16.8 Å². The number of aryl methyl sites for hydroxylation is 2. The van der Waals surface area contributed by atoms with Crippen molar-refractivity contribution in [1.82, 2.24) is 30.0 Å². The van der Waals surface area contributed by atoms with Gasteiger partial charge >= 0.3 is 0 Å². The molecule has 0 aliphatic carbocycles. The van der Waals surface area contributed by atoms with Gasteiger partial charge in [0.1, 0.15) is 5.75 Å². The van der Waals surface area contributed by atoms with Gasteiger partial charge in [0.2, 0.25) is 0 Å². The van der Waals surface area contributed by atoms with Gasteiger partial charge in [0.05, 0.1) is 18.4 Å². The van der Waals surface area contributed by atoms with Crippen molar-refractivity contribution in [3.05, 3.63) is 95.1 Å². The van der Waals surface area contributed by atoms with E-state index in [9.17, 15) is 0 Å². The van der Waals surface area contributed by atoms with Gasteiger partial charge in [0.25, 0.3) is 0 Å². The van der Waals surface area contributed by atoms with Crippen LogP contribution in [0.1, 0.15) is 22.3 Å². The minimum absolute atomic E-state index is 0.686. The number of aromatic nitrogens is 4. The zero-order valence-corrected chi connectivity index (χ0v) is 21.8. The molecule has 37 heavy (non-hydrogen) atoms. The molecule has 1 aliphatic rings. The smallest absolute Gasteiger partial charge is 0.190 e. The molecule has 1 saturated heterocycles. The molecule has 3 aromatic carbocycles. The highest BCUT2D eigenvalue weighted by Gasteiger charge is 2.22. The maximum Gasteiger partial charge on any atom is 0.190 e. The van der Waals surface area contributed by atoms with Crippen LogP contribution in [0, 0.1) is 13.8 Å². The van der Waals surface area contributed by atoms with E-state index in [0.29, 0.717) is 5.82 Å². The summed E-state index contributed by atoms with van der Waals surface area (Å²) in [6.07, 6.45) is 4.46. The van der Waals surface area contributed by atoms with Crippen LogP contribution in [0.5, 0.6) is 5.75 Å². The number of para-hydroxylation sites is 2. The third-order valence-corrected chi connectivity index (χ3v) is 6.99. The van der Waals surface area contributed by atoms with Gasteiger partial charge in [-0.2, -0.15) is 4.68 Å². The first kappa shape index (κ1) is 24.9. The summed E-state index contributed by atoms with van der Waals surface area (Å²) >= 11 is 0. The van der Waals surface area contributed by atoms with Gasteiger partial charge in [-0.3, -0.25) is 9.80 Å². The Labute approximate surface area is 219 Å². The van der Waals surface area contributed by atoms with Crippen LogP contribution in [0.3, 0.4) is 0 Å². The van der Waals surface area contributed by atoms with Crippen LogP contribution in [-0.2, 0) is 6.54 Å². The summed E-state index contributed by atoms with van der Waals surface area (Å²) in [6.45, 7) is 10.1. The number of hydrogen-bond acceptors (Lipinski definition) is 6. The van der Waals surface area contributed by atoms with Gasteiger partial charge in [-0.05, 0) is 47.0 Å². The van der Waals surface area contributed by atoms with E-state index >= 15 is 0 Å². The van der Waals surface area contributed by atoms with Crippen LogP contribution in [0.15, 0.2) is 72.8 Å². The molecule has 7 heteroatoms. The molecule has 0 radical (unpaired) electrons.